The van der Waals surface area contributed by atoms with Gasteiger partial charge in [0.1, 0.15) is 0 Å². The molecule has 3 heteroatoms. The van der Waals surface area contributed by atoms with Crippen molar-refractivity contribution < 1.29 is 0 Å². The lowest BCUT2D eigenvalue weighted by Crippen LogP contribution is -2.39. The Morgan fingerprint density at radius 2 is 2.33 bits per heavy atom. The molecule has 0 aromatic heterocycles. The van der Waals surface area contributed by atoms with Crippen LogP contribution >= 0.6 is 15.9 Å². The summed E-state index contributed by atoms with van der Waals surface area (Å²) in [6.45, 7) is 1.03. The Balaban J connectivity index is 2.46. The molecule has 12 heavy (non-hydrogen) atoms. The van der Waals surface area contributed by atoms with Crippen molar-refractivity contribution in [2.45, 2.75) is 6.42 Å². The minimum atomic E-state index is 1.03. The molecule has 0 bridgehead atoms. The van der Waals surface area contributed by atoms with Gasteiger partial charge in [0.2, 0.25) is 0 Å². The molecule has 1 aliphatic heterocycles. The zero-order valence-corrected chi connectivity index (χ0v) is 8.56. The second-order valence-electron chi connectivity index (χ2n) is 2.99. The fourth-order valence-corrected chi connectivity index (χ4v) is 1.93. The summed E-state index contributed by atoms with van der Waals surface area (Å²) >= 11 is 3.47. The van der Waals surface area contributed by atoms with Crippen LogP contribution in [0.4, 0.5) is 5.69 Å². The van der Waals surface area contributed by atoms with Crippen LogP contribution in [0.1, 0.15) is 5.56 Å². The molecule has 0 aliphatic carbocycles. The lowest BCUT2D eigenvalue weighted by Gasteiger charge is -2.28. The van der Waals surface area contributed by atoms with Crippen LogP contribution in [-0.2, 0) is 6.42 Å². The van der Waals surface area contributed by atoms with Gasteiger partial charge in [0.15, 0.2) is 0 Å². The molecule has 0 fully saturated rings. The van der Waals surface area contributed by atoms with E-state index in [4.69, 9.17) is 0 Å². The zero-order valence-electron chi connectivity index (χ0n) is 6.97. The minimum absolute atomic E-state index is 1.03. The highest BCUT2D eigenvalue weighted by atomic mass is 79.9. The molecular formula is C9H11BrN2. The first-order valence-corrected chi connectivity index (χ1v) is 4.82. The molecule has 0 spiro atoms. The van der Waals surface area contributed by atoms with Crippen molar-refractivity contribution in [3.05, 3.63) is 28.2 Å². The van der Waals surface area contributed by atoms with E-state index in [0.29, 0.717) is 0 Å². The first-order valence-electron chi connectivity index (χ1n) is 4.03. The van der Waals surface area contributed by atoms with E-state index in [9.17, 15) is 0 Å². The summed E-state index contributed by atoms with van der Waals surface area (Å²) in [5.74, 6) is 0. The van der Waals surface area contributed by atoms with E-state index in [1.807, 2.05) is 7.05 Å². The Bertz CT molecular complexity index is 299. The van der Waals surface area contributed by atoms with E-state index < -0.39 is 0 Å². The van der Waals surface area contributed by atoms with Crippen molar-refractivity contribution in [3.8, 4) is 0 Å². The Morgan fingerprint density at radius 3 is 3.17 bits per heavy atom. The number of nitrogens with zero attached hydrogens (tertiary/aromatic N) is 1. The summed E-state index contributed by atoms with van der Waals surface area (Å²) in [5.41, 5.74) is 5.97. The maximum Gasteiger partial charge on any atom is 0.0549 e. The predicted octanol–water partition coefficient (Wildman–Crippen LogP) is 1.95. The Labute approximate surface area is 80.7 Å². The van der Waals surface area contributed by atoms with E-state index in [0.717, 1.165) is 17.4 Å². The van der Waals surface area contributed by atoms with Crippen molar-refractivity contribution in [2.24, 2.45) is 0 Å². The summed E-state index contributed by atoms with van der Waals surface area (Å²) in [5, 5.41) is 2.07. The first-order chi connectivity index (χ1) is 5.77. The molecule has 0 amide bonds. The number of hydrazine groups is 1. The van der Waals surface area contributed by atoms with Gasteiger partial charge in [0.05, 0.1) is 5.69 Å². The molecule has 0 atom stereocenters. The summed E-state index contributed by atoms with van der Waals surface area (Å²) in [6, 6.07) is 6.39. The lowest BCUT2D eigenvalue weighted by molar-refractivity contribution is 0.641. The fraction of sp³-hybridized carbons (Fsp3) is 0.333. The molecule has 1 N–H and O–H groups in total. The van der Waals surface area contributed by atoms with Crippen molar-refractivity contribution in [1.29, 1.82) is 0 Å². The van der Waals surface area contributed by atoms with Gasteiger partial charge in [-0.25, -0.2) is 5.43 Å². The van der Waals surface area contributed by atoms with Gasteiger partial charge in [0.25, 0.3) is 0 Å². The summed E-state index contributed by atoms with van der Waals surface area (Å²) in [7, 11) is 2.05. The number of rotatable bonds is 0. The van der Waals surface area contributed by atoms with Crippen molar-refractivity contribution in [3.63, 3.8) is 0 Å². The Morgan fingerprint density at radius 1 is 1.50 bits per heavy atom. The number of anilines is 1. The Kier molecular flexibility index (Phi) is 2.07. The average molecular weight is 227 g/mol. The normalized spacial score (nSPS) is 16.0. The SMILES string of the molecule is CN1NCCc2cc(Br)ccc21. The van der Waals surface area contributed by atoms with Gasteiger partial charge < -0.3 is 5.01 Å². The standard InChI is InChI=1S/C9H11BrN2/c1-12-9-3-2-8(10)6-7(9)4-5-11-12/h2-3,6,11H,4-5H2,1H3. The molecule has 1 aliphatic rings. The molecule has 0 saturated carbocycles. The van der Waals surface area contributed by atoms with Crippen molar-refractivity contribution >= 4 is 21.6 Å². The highest BCUT2D eigenvalue weighted by Gasteiger charge is 2.12. The molecule has 2 rings (SSSR count). The topological polar surface area (TPSA) is 15.3 Å². The smallest absolute Gasteiger partial charge is 0.0549 e. The Hall–Kier alpha value is -0.540. The van der Waals surface area contributed by atoms with Crippen molar-refractivity contribution in [1.82, 2.24) is 5.43 Å². The third-order valence-corrected chi connectivity index (χ3v) is 2.64. The van der Waals surface area contributed by atoms with Crippen LogP contribution in [0.5, 0.6) is 0 Å². The highest BCUT2D eigenvalue weighted by molar-refractivity contribution is 9.10. The van der Waals surface area contributed by atoms with E-state index in [1.54, 1.807) is 0 Å². The predicted molar refractivity (Wildman–Crippen MR) is 54.3 cm³/mol. The summed E-state index contributed by atoms with van der Waals surface area (Å²) < 4.78 is 1.16. The molecule has 64 valence electrons. The van der Waals surface area contributed by atoms with Gasteiger partial charge in [-0.15, -0.1) is 0 Å². The largest absolute Gasteiger partial charge is 0.311 e. The molecule has 2 nitrogen and oxygen atoms in total. The van der Waals surface area contributed by atoms with Crippen LogP contribution in [-0.4, -0.2) is 13.6 Å². The minimum Gasteiger partial charge on any atom is -0.311 e. The van der Waals surface area contributed by atoms with Crippen LogP contribution in [0.25, 0.3) is 0 Å². The second-order valence-corrected chi connectivity index (χ2v) is 3.91. The van der Waals surface area contributed by atoms with E-state index in [1.165, 1.54) is 11.3 Å². The second kappa shape index (κ2) is 3.07. The van der Waals surface area contributed by atoms with Gasteiger partial charge in [-0.1, -0.05) is 15.9 Å². The van der Waals surface area contributed by atoms with Crippen LogP contribution in [0.2, 0.25) is 0 Å². The third-order valence-electron chi connectivity index (χ3n) is 2.15. The van der Waals surface area contributed by atoms with Crippen LogP contribution in [0.15, 0.2) is 22.7 Å². The molecule has 0 radical (unpaired) electrons. The van der Waals surface area contributed by atoms with Crippen molar-refractivity contribution in [2.75, 3.05) is 18.6 Å². The fourth-order valence-electron chi connectivity index (χ4n) is 1.52. The maximum absolute atomic E-state index is 3.47. The van der Waals surface area contributed by atoms with E-state index >= 15 is 0 Å². The number of hydrogen-bond donors (Lipinski definition) is 1. The lowest BCUT2D eigenvalue weighted by atomic mass is 10.1. The van der Waals surface area contributed by atoms with Gasteiger partial charge in [-0.05, 0) is 30.2 Å². The third kappa shape index (κ3) is 1.34. The van der Waals surface area contributed by atoms with Crippen LogP contribution in [0.3, 0.4) is 0 Å². The van der Waals surface area contributed by atoms with Crippen LogP contribution in [0, 0.1) is 0 Å². The molecule has 1 heterocycles. The summed E-state index contributed by atoms with van der Waals surface area (Å²) in [6.07, 6.45) is 1.11. The maximum atomic E-state index is 3.47. The van der Waals surface area contributed by atoms with E-state index in [2.05, 4.69) is 44.6 Å². The molecule has 0 unspecified atom stereocenters. The van der Waals surface area contributed by atoms with E-state index in [-0.39, 0.29) is 0 Å². The quantitative estimate of drug-likeness (QED) is 0.728. The monoisotopic (exact) mass is 226 g/mol. The highest BCUT2D eigenvalue weighted by Crippen LogP contribution is 2.25. The number of halogens is 1. The average Bonchev–Trinajstić information content (AvgIpc) is 2.04. The number of nitrogens with one attached hydrogen (secondary N) is 1. The molecule has 1 aromatic carbocycles. The first kappa shape index (κ1) is 8.08. The zero-order chi connectivity index (χ0) is 8.55. The number of benzene rings is 1. The number of hydrogen-bond acceptors (Lipinski definition) is 2. The summed E-state index contributed by atoms with van der Waals surface area (Å²) in [4.78, 5) is 0. The van der Waals surface area contributed by atoms with Gasteiger partial charge >= 0.3 is 0 Å². The van der Waals surface area contributed by atoms with Gasteiger partial charge in [-0.2, -0.15) is 0 Å². The van der Waals surface area contributed by atoms with Gasteiger partial charge in [-0.3, -0.25) is 0 Å². The number of fused-ring (bicyclic) bond motifs is 1. The molecule has 1 aromatic rings. The van der Waals surface area contributed by atoms with Gasteiger partial charge in [0, 0.05) is 18.1 Å². The molecular weight excluding hydrogens is 216 g/mol. The van der Waals surface area contributed by atoms with Crippen LogP contribution < -0.4 is 10.4 Å². The molecule has 0 saturated heterocycles.